The Balaban J connectivity index is 1.96. The first-order valence-electron chi connectivity index (χ1n) is 8.65. The van der Waals surface area contributed by atoms with Gasteiger partial charge in [0.1, 0.15) is 11.6 Å². The van der Waals surface area contributed by atoms with Crippen molar-refractivity contribution >= 4 is 17.5 Å². The van der Waals surface area contributed by atoms with Gasteiger partial charge in [-0.1, -0.05) is 13.0 Å². The number of rotatable bonds is 7. The molecule has 1 aromatic carbocycles. The van der Waals surface area contributed by atoms with Gasteiger partial charge in [0.2, 0.25) is 5.95 Å². The summed E-state index contributed by atoms with van der Waals surface area (Å²) in [5, 5.41) is 6.67. The number of benzene rings is 1. The Morgan fingerprint density at radius 3 is 2.73 bits per heavy atom. The van der Waals surface area contributed by atoms with E-state index in [0.717, 1.165) is 29.1 Å². The molecule has 0 saturated heterocycles. The lowest BCUT2D eigenvalue weighted by molar-refractivity contribution is 0.415. The quantitative estimate of drug-likeness (QED) is 0.654. The molecule has 0 spiro atoms. The van der Waals surface area contributed by atoms with E-state index in [2.05, 4.69) is 39.4 Å². The zero-order chi connectivity index (χ0) is 18.4. The topological polar surface area (TPSA) is 72.0 Å². The third-order valence-electron chi connectivity index (χ3n) is 4.01. The number of methoxy groups -OCH3 is 1. The molecule has 0 saturated carbocycles. The van der Waals surface area contributed by atoms with E-state index < -0.39 is 0 Å². The van der Waals surface area contributed by atoms with Crippen LogP contribution in [-0.2, 0) is 0 Å². The fourth-order valence-electron chi connectivity index (χ4n) is 2.41. The predicted octanol–water partition coefficient (Wildman–Crippen LogP) is 4.50. The van der Waals surface area contributed by atoms with Gasteiger partial charge in [-0.05, 0) is 37.6 Å². The van der Waals surface area contributed by atoms with Gasteiger partial charge in [0.15, 0.2) is 0 Å². The number of anilines is 3. The lowest BCUT2D eigenvalue weighted by atomic mass is 10.2. The van der Waals surface area contributed by atoms with Crippen molar-refractivity contribution in [1.82, 2.24) is 15.0 Å². The monoisotopic (exact) mass is 349 g/mol. The fraction of sp³-hybridized carbons (Fsp3) is 0.250. The van der Waals surface area contributed by atoms with Gasteiger partial charge in [-0.2, -0.15) is 4.98 Å². The van der Waals surface area contributed by atoms with Gasteiger partial charge in [-0.3, -0.25) is 4.98 Å². The lowest BCUT2D eigenvalue weighted by Gasteiger charge is -2.15. The zero-order valence-corrected chi connectivity index (χ0v) is 15.2. The van der Waals surface area contributed by atoms with Gasteiger partial charge < -0.3 is 15.4 Å². The van der Waals surface area contributed by atoms with E-state index in [1.807, 2.05) is 42.5 Å². The van der Waals surface area contributed by atoms with Gasteiger partial charge in [-0.25, -0.2) is 4.98 Å². The van der Waals surface area contributed by atoms with E-state index in [-0.39, 0.29) is 6.04 Å². The highest BCUT2D eigenvalue weighted by Gasteiger charge is 2.09. The standard InChI is InChI=1S/C20H23N5O/c1-4-14(2)22-20-24-18(15-7-6-10-21-13-15)12-19(25-20)23-16-8-5-9-17(11-16)26-3/h5-14H,4H2,1-3H3,(H2,22,23,24,25)/t14-/m0/s1. The summed E-state index contributed by atoms with van der Waals surface area (Å²) in [6, 6.07) is 13.8. The molecule has 0 aliphatic carbocycles. The number of aromatic nitrogens is 3. The SMILES string of the molecule is CC[C@H](C)Nc1nc(Nc2cccc(OC)c2)cc(-c2cccnc2)n1. The molecule has 0 amide bonds. The van der Waals surface area contributed by atoms with E-state index in [9.17, 15) is 0 Å². The summed E-state index contributed by atoms with van der Waals surface area (Å²) in [5.41, 5.74) is 2.65. The maximum absolute atomic E-state index is 5.28. The van der Waals surface area contributed by atoms with Crippen molar-refractivity contribution < 1.29 is 4.74 Å². The minimum Gasteiger partial charge on any atom is -0.497 e. The Labute approximate surface area is 153 Å². The Bertz CT molecular complexity index is 854. The highest BCUT2D eigenvalue weighted by Crippen LogP contribution is 2.25. The molecule has 0 aliphatic heterocycles. The predicted molar refractivity (Wildman–Crippen MR) is 105 cm³/mol. The molecule has 134 valence electrons. The molecule has 3 rings (SSSR count). The fourth-order valence-corrected chi connectivity index (χ4v) is 2.41. The minimum absolute atomic E-state index is 0.281. The van der Waals surface area contributed by atoms with Crippen molar-refractivity contribution in [2.75, 3.05) is 17.7 Å². The van der Waals surface area contributed by atoms with Crippen LogP contribution in [0.3, 0.4) is 0 Å². The van der Waals surface area contributed by atoms with E-state index in [0.29, 0.717) is 11.8 Å². The van der Waals surface area contributed by atoms with Crippen LogP contribution in [0.1, 0.15) is 20.3 Å². The second-order valence-electron chi connectivity index (χ2n) is 6.01. The van der Waals surface area contributed by atoms with Crippen molar-refractivity contribution in [1.29, 1.82) is 0 Å². The Morgan fingerprint density at radius 2 is 2.00 bits per heavy atom. The van der Waals surface area contributed by atoms with Crippen molar-refractivity contribution in [2.45, 2.75) is 26.3 Å². The molecule has 6 heteroatoms. The highest BCUT2D eigenvalue weighted by molar-refractivity contribution is 5.67. The van der Waals surface area contributed by atoms with Gasteiger partial charge >= 0.3 is 0 Å². The smallest absolute Gasteiger partial charge is 0.225 e. The zero-order valence-electron chi connectivity index (χ0n) is 15.2. The van der Waals surface area contributed by atoms with Crippen LogP contribution in [0.15, 0.2) is 54.9 Å². The van der Waals surface area contributed by atoms with Crippen molar-refractivity contribution in [2.24, 2.45) is 0 Å². The summed E-state index contributed by atoms with van der Waals surface area (Å²) in [5.74, 6) is 2.08. The van der Waals surface area contributed by atoms with E-state index in [1.54, 1.807) is 19.5 Å². The molecule has 6 nitrogen and oxygen atoms in total. The van der Waals surface area contributed by atoms with E-state index in [1.165, 1.54) is 0 Å². The van der Waals surface area contributed by atoms with Gasteiger partial charge in [0.05, 0.1) is 12.8 Å². The Hall–Kier alpha value is -3.15. The average molecular weight is 349 g/mol. The van der Waals surface area contributed by atoms with Crippen LogP contribution in [-0.4, -0.2) is 28.1 Å². The molecule has 2 aromatic heterocycles. The summed E-state index contributed by atoms with van der Waals surface area (Å²) in [4.78, 5) is 13.4. The average Bonchev–Trinajstić information content (AvgIpc) is 2.68. The van der Waals surface area contributed by atoms with Crippen LogP contribution in [0.5, 0.6) is 5.75 Å². The number of nitrogens with one attached hydrogen (secondary N) is 2. The molecule has 0 bridgehead atoms. The second-order valence-corrected chi connectivity index (χ2v) is 6.01. The largest absolute Gasteiger partial charge is 0.497 e. The summed E-state index contributed by atoms with van der Waals surface area (Å²) < 4.78 is 5.28. The maximum Gasteiger partial charge on any atom is 0.225 e. The van der Waals surface area contributed by atoms with Crippen molar-refractivity contribution in [3.05, 3.63) is 54.9 Å². The highest BCUT2D eigenvalue weighted by atomic mass is 16.5. The molecule has 3 aromatic rings. The van der Waals surface area contributed by atoms with Gasteiger partial charge in [0, 0.05) is 41.8 Å². The third kappa shape index (κ3) is 4.47. The van der Waals surface area contributed by atoms with E-state index >= 15 is 0 Å². The first-order chi connectivity index (χ1) is 12.7. The third-order valence-corrected chi connectivity index (χ3v) is 4.01. The summed E-state index contributed by atoms with van der Waals surface area (Å²) in [6.07, 6.45) is 4.53. The molecule has 0 radical (unpaired) electrons. The lowest BCUT2D eigenvalue weighted by Crippen LogP contribution is -2.16. The molecule has 2 heterocycles. The number of ether oxygens (including phenoxy) is 1. The maximum atomic E-state index is 5.28. The Kier molecular flexibility index (Phi) is 5.63. The van der Waals surface area contributed by atoms with Crippen molar-refractivity contribution in [3.8, 4) is 17.0 Å². The molecular formula is C20H23N5O. The summed E-state index contributed by atoms with van der Waals surface area (Å²) in [7, 11) is 1.65. The van der Waals surface area contributed by atoms with Crippen molar-refractivity contribution in [3.63, 3.8) is 0 Å². The van der Waals surface area contributed by atoms with Crippen LogP contribution in [0.25, 0.3) is 11.3 Å². The van der Waals surface area contributed by atoms with Crippen LogP contribution in [0, 0.1) is 0 Å². The molecule has 26 heavy (non-hydrogen) atoms. The second kappa shape index (κ2) is 8.29. The molecule has 0 fully saturated rings. The minimum atomic E-state index is 0.281. The summed E-state index contributed by atoms with van der Waals surface area (Å²) >= 11 is 0. The number of hydrogen-bond donors (Lipinski definition) is 2. The normalized spacial score (nSPS) is 11.7. The molecule has 1 atom stereocenters. The number of nitrogens with zero attached hydrogens (tertiary/aromatic N) is 3. The molecule has 0 aliphatic rings. The van der Waals surface area contributed by atoms with Crippen LogP contribution >= 0.6 is 0 Å². The molecule has 2 N–H and O–H groups in total. The van der Waals surface area contributed by atoms with E-state index in [4.69, 9.17) is 4.74 Å². The van der Waals surface area contributed by atoms with Gasteiger partial charge in [-0.15, -0.1) is 0 Å². The number of pyridine rings is 1. The Morgan fingerprint density at radius 1 is 1.12 bits per heavy atom. The summed E-state index contributed by atoms with van der Waals surface area (Å²) in [6.45, 7) is 4.23. The first kappa shape index (κ1) is 17.7. The molecular weight excluding hydrogens is 326 g/mol. The first-order valence-corrected chi connectivity index (χ1v) is 8.65. The van der Waals surface area contributed by atoms with Crippen LogP contribution < -0.4 is 15.4 Å². The number of hydrogen-bond acceptors (Lipinski definition) is 6. The van der Waals surface area contributed by atoms with Crippen LogP contribution in [0.4, 0.5) is 17.5 Å². The van der Waals surface area contributed by atoms with Crippen LogP contribution in [0.2, 0.25) is 0 Å². The van der Waals surface area contributed by atoms with Gasteiger partial charge in [0.25, 0.3) is 0 Å². The molecule has 0 unspecified atom stereocenters.